The maximum Gasteiger partial charge on any atom is 0.0778 e. The molecule has 21 heavy (non-hydrogen) atoms. The van der Waals surface area contributed by atoms with Crippen molar-refractivity contribution in [1.82, 2.24) is 25.3 Å². The van der Waals surface area contributed by atoms with Crippen LogP contribution in [0.5, 0.6) is 0 Å². The first-order valence-electron chi connectivity index (χ1n) is 7.33. The zero-order chi connectivity index (χ0) is 15.4. The molecule has 0 spiro atoms. The lowest BCUT2D eigenvalue weighted by Crippen LogP contribution is -2.26. The predicted molar refractivity (Wildman–Crippen MR) is 87.2 cm³/mol. The zero-order valence-electron chi connectivity index (χ0n) is 13.0. The Balaban J connectivity index is 2.53. The molecule has 0 bridgehead atoms. The molecule has 0 aromatic carbocycles. The van der Waals surface area contributed by atoms with E-state index in [-0.39, 0.29) is 6.04 Å². The summed E-state index contributed by atoms with van der Waals surface area (Å²) < 4.78 is 3.09. The normalized spacial score (nSPS) is 12.6. The van der Waals surface area contributed by atoms with E-state index < -0.39 is 0 Å². The highest BCUT2D eigenvalue weighted by atomic mass is 79.9. The number of hydrogen-bond acceptors (Lipinski definition) is 4. The van der Waals surface area contributed by atoms with E-state index in [4.69, 9.17) is 0 Å². The van der Waals surface area contributed by atoms with E-state index in [1.54, 1.807) is 0 Å². The van der Waals surface area contributed by atoms with Crippen LogP contribution < -0.4 is 5.32 Å². The summed E-state index contributed by atoms with van der Waals surface area (Å²) in [6, 6.07) is 2.17. The SMILES string of the molecule is CCCn1ncc(Br)c1C(NCC)c1cc(C)nnc1C. The van der Waals surface area contributed by atoms with Crippen molar-refractivity contribution in [2.75, 3.05) is 6.54 Å². The van der Waals surface area contributed by atoms with Crippen molar-refractivity contribution in [3.63, 3.8) is 0 Å². The Kier molecular flexibility index (Phi) is 5.47. The van der Waals surface area contributed by atoms with Crippen molar-refractivity contribution in [2.24, 2.45) is 0 Å². The van der Waals surface area contributed by atoms with Crippen LogP contribution in [0.2, 0.25) is 0 Å². The third kappa shape index (κ3) is 3.49. The summed E-state index contributed by atoms with van der Waals surface area (Å²) in [6.45, 7) is 10.0. The van der Waals surface area contributed by atoms with Gasteiger partial charge in [-0.25, -0.2) is 0 Å². The van der Waals surface area contributed by atoms with Gasteiger partial charge >= 0.3 is 0 Å². The molecule has 2 rings (SSSR count). The molecule has 114 valence electrons. The van der Waals surface area contributed by atoms with Gasteiger partial charge in [0.25, 0.3) is 0 Å². The summed E-state index contributed by atoms with van der Waals surface area (Å²) in [5.74, 6) is 0. The maximum atomic E-state index is 4.48. The van der Waals surface area contributed by atoms with E-state index in [0.717, 1.165) is 46.6 Å². The highest BCUT2D eigenvalue weighted by Gasteiger charge is 2.23. The first-order valence-corrected chi connectivity index (χ1v) is 8.13. The first kappa shape index (κ1) is 16.1. The number of hydrogen-bond donors (Lipinski definition) is 1. The largest absolute Gasteiger partial charge is 0.305 e. The average Bonchev–Trinajstić information content (AvgIpc) is 2.81. The molecule has 2 heterocycles. The Morgan fingerprint density at radius 3 is 2.71 bits per heavy atom. The van der Waals surface area contributed by atoms with Crippen LogP contribution >= 0.6 is 15.9 Å². The number of nitrogens with one attached hydrogen (secondary N) is 1. The molecule has 0 aliphatic rings. The molecule has 0 amide bonds. The molecule has 0 saturated heterocycles. The van der Waals surface area contributed by atoms with Gasteiger partial charge in [0.1, 0.15) is 0 Å². The molecule has 0 aliphatic heterocycles. The first-order chi connectivity index (χ1) is 10.1. The molecule has 1 N–H and O–H groups in total. The van der Waals surface area contributed by atoms with E-state index in [1.165, 1.54) is 0 Å². The summed E-state index contributed by atoms with van der Waals surface area (Å²) in [4.78, 5) is 0. The Labute approximate surface area is 134 Å². The van der Waals surface area contributed by atoms with Crippen molar-refractivity contribution in [3.05, 3.63) is 39.4 Å². The number of aryl methyl sites for hydroxylation is 3. The van der Waals surface area contributed by atoms with Crippen LogP contribution in [0, 0.1) is 13.8 Å². The van der Waals surface area contributed by atoms with Gasteiger partial charge in [-0.3, -0.25) is 4.68 Å². The molecule has 2 aromatic heterocycles. The second-order valence-electron chi connectivity index (χ2n) is 5.12. The smallest absolute Gasteiger partial charge is 0.0778 e. The molecule has 1 unspecified atom stereocenters. The second-order valence-corrected chi connectivity index (χ2v) is 5.97. The van der Waals surface area contributed by atoms with Gasteiger partial charge in [-0.15, -0.1) is 0 Å². The van der Waals surface area contributed by atoms with Crippen molar-refractivity contribution in [1.29, 1.82) is 0 Å². The molecule has 0 fully saturated rings. The number of nitrogens with zero attached hydrogens (tertiary/aromatic N) is 4. The van der Waals surface area contributed by atoms with Crippen LogP contribution in [-0.2, 0) is 6.54 Å². The number of aromatic nitrogens is 4. The van der Waals surface area contributed by atoms with Crippen LogP contribution in [0.4, 0.5) is 0 Å². The number of rotatable bonds is 6. The maximum absolute atomic E-state index is 4.48. The van der Waals surface area contributed by atoms with Gasteiger partial charge in [-0.2, -0.15) is 15.3 Å². The van der Waals surface area contributed by atoms with Gasteiger partial charge in [0.15, 0.2) is 0 Å². The van der Waals surface area contributed by atoms with Crippen molar-refractivity contribution in [2.45, 2.75) is 46.7 Å². The van der Waals surface area contributed by atoms with Crippen LogP contribution in [0.25, 0.3) is 0 Å². The van der Waals surface area contributed by atoms with Gasteiger partial charge in [0.05, 0.1) is 33.8 Å². The quantitative estimate of drug-likeness (QED) is 0.868. The molecule has 0 radical (unpaired) electrons. The number of halogens is 1. The Bertz CT molecular complexity index is 608. The fourth-order valence-corrected chi connectivity index (χ4v) is 2.99. The van der Waals surface area contributed by atoms with E-state index in [0.29, 0.717) is 0 Å². The molecule has 0 saturated carbocycles. The van der Waals surface area contributed by atoms with Gasteiger partial charge in [0, 0.05) is 12.1 Å². The van der Waals surface area contributed by atoms with Crippen LogP contribution in [0.15, 0.2) is 16.7 Å². The summed E-state index contributed by atoms with van der Waals surface area (Å²) in [7, 11) is 0. The van der Waals surface area contributed by atoms with Crippen molar-refractivity contribution < 1.29 is 0 Å². The minimum Gasteiger partial charge on any atom is -0.305 e. The lowest BCUT2D eigenvalue weighted by atomic mass is 10.0. The van der Waals surface area contributed by atoms with E-state index >= 15 is 0 Å². The molecule has 5 nitrogen and oxygen atoms in total. The summed E-state index contributed by atoms with van der Waals surface area (Å²) in [5, 5.41) is 16.4. The predicted octanol–water partition coefficient (Wildman–Crippen LogP) is 3.16. The van der Waals surface area contributed by atoms with Gasteiger partial charge in [-0.05, 0) is 48.8 Å². The summed E-state index contributed by atoms with van der Waals surface area (Å²) >= 11 is 3.64. The third-order valence-electron chi connectivity index (χ3n) is 3.40. The molecule has 2 aromatic rings. The Morgan fingerprint density at radius 2 is 2.05 bits per heavy atom. The highest BCUT2D eigenvalue weighted by molar-refractivity contribution is 9.10. The second kappa shape index (κ2) is 7.13. The minimum atomic E-state index is 0.0626. The lowest BCUT2D eigenvalue weighted by molar-refractivity contribution is 0.516. The average molecular weight is 352 g/mol. The van der Waals surface area contributed by atoms with Crippen LogP contribution in [0.3, 0.4) is 0 Å². The van der Waals surface area contributed by atoms with Crippen LogP contribution in [0.1, 0.15) is 49.0 Å². The minimum absolute atomic E-state index is 0.0626. The molecule has 0 aliphatic carbocycles. The van der Waals surface area contributed by atoms with E-state index in [1.807, 2.05) is 20.0 Å². The topological polar surface area (TPSA) is 55.6 Å². The van der Waals surface area contributed by atoms with E-state index in [2.05, 4.69) is 61.1 Å². The van der Waals surface area contributed by atoms with Crippen molar-refractivity contribution in [3.8, 4) is 0 Å². The monoisotopic (exact) mass is 351 g/mol. The molecular weight excluding hydrogens is 330 g/mol. The lowest BCUT2D eigenvalue weighted by Gasteiger charge is -2.22. The van der Waals surface area contributed by atoms with Gasteiger partial charge in [0.2, 0.25) is 0 Å². The zero-order valence-corrected chi connectivity index (χ0v) is 14.6. The Morgan fingerprint density at radius 1 is 1.29 bits per heavy atom. The summed E-state index contributed by atoms with van der Waals surface area (Å²) in [6.07, 6.45) is 2.92. The molecule has 1 atom stereocenters. The third-order valence-corrected chi connectivity index (χ3v) is 4.01. The Hall–Kier alpha value is -1.27. The summed E-state index contributed by atoms with van der Waals surface area (Å²) in [5.41, 5.74) is 4.18. The fourth-order valence-electron chi connectivity index (χ4n) is 2.47. The standard InChI is InChI=1S/C15H22BrN5/c1-5-7-21-15(13(16)9-18-21)14(17-6-2)12-8-10(3)19-20-11(12)4/h8-9,14,17H,5-7H2,1-4H3. The van der Waals surface area contributed by atoms with Crippen LogP contribution in [-0.4, -0.2) is 26.5 Å². The van der Waals surface area contributed by atoms with Gasteiger partial charge in [-0.1, -0.05) is 13.8 Å². The highest BCUT2D eigenvalue weighted by Crippen LogP contribution is 2.30. The fraction of sp³-hybridized carbons (Fsp3) is 0.533. The van der Waals surface area contributed by atoms with Crippen molar-refractivity contribution >= 4 is 15.9 Å². The molecule has 6 heteroatoms. The van der Waals surface area contributed by atoms with Gasteiger partial charge < -0.3 is 5.32 Å². The molecular formula is C15H22BrN5. The van der Waals surface area contributed by atoms with E-state index in [9.17, 15) is 0 Å².